The van der Waals surface area contributed by atoms with E-state index in [0.717, 1.165) is 48.9 Å². The van der Waals surface area contributed by atoms with Crippen molar-refractivity contribution >= 4 is 25.2 Å². The van der Waals surface area contributed by atoms with Gasteiger partial charge in [0.05, 0.1) is 0 Å². The van der Waals surface area contributed by atoms with Crippen LogP contribution in [0.15, 0.2) is 12.1 Å². The number of aryl methyl sites for hydroxylation is 1. The summed E-state index contributed by atoms with van der Waals surface area (Å²) in [5.41, 5.74) is 3.24. The van der Waals surface area contributed by atoms with E-state index in [-0.39, 0.29) is 17.4 Å². The molecule has 0 fully saturated rings. The number of phenols is 1. The summed E-state index contributed by atoms with van der Waals surface area (Å²) in [5, 5.41) is 20.2. The van der Waals surface area contributed by atoms with Gasteiger partial charge in [0.1, 0.15) is 5.75 Å². The molecule has 2 N–H and O–H groups in total. The van der Waals surface area contributed by atoms with Crippen molar-refractivity contribution in [2.45, 2.75) is 129 Å². The number of aliphatic hydroxyl groups excluding tert-OH is 1. The Labute approximate surface area is 214 Å². The van der Waals surface area contributed by atoms with Crippen LogP contribution in [0.4, 0.5) is 0 Å². The Morgan fingerprint density at radius 1 is 0.706 bits per heavy atom. The molecule has 0 saturated heterocycles. The van der Waals surface area contributed by atoms with E-state index in [9.17, 15) is 10.2 Å². The van der Waals surface area contributed by atoms with Crippen LogP contribution < -0.4 is 0 Å². The number of aliphatic hydroxyl groups is 1. The number of unbranched alkanes of at least 4 members (excludes halogenated alkanes) is 1. The average molecular weight is 527 g/mol. The van der Waals surface area contributed by atoms with E-state index < -0.39 is 25.2 Å². The normalized spacial score (nSPS) is 14.0. The molecule has 4 nitrogen and oxygen atoms in total. The lowest BCUT2D eigenvalue weighted by Gasteiger charge is -2.38. The topological polar surface area (TPSA) is 58.9 Å². The number of hydrogen-bond acceptors (Lipinski definition) is 4. The number of benzene rings is 1. The Hall–Kier alpha value is -0.449. The maximum absolute atomic E-state index is 11.0. The molecular formula is C27H54O4Si3. The summed E-state index contributed by atoms with van der Waals surface area (Å²) < 4.78 is 13.3. The second-order valence-electron chi connectivity index (χ2n) is 13.7. The Morgan fingerprint density at radius 3 is 1.50 bits per heavy atom. The molecule has 198 valence electrons. The van der Waals surface area contributed by atoms with Gasteiger partial charge < -0.3 is 18.4 Å². The van der Waals surface area contributed by atoms with Crippen molar-refractivity contribution < 1.29 is 18.4 Å². The van der Waals surface area contributed by atoms with E-state index in [0.29, 0.717) is 5.75 Å². The highest BCUT2D eigenvalue weighted by molar-refractivity contribution is 6.87. The molecule has 0 aliphatic heterocycles. The summed E-state index contributed by atoms with van der Waals surface area (Å²) in [6, 6.07) is 6.53. The van der Waals surface area contributed by atoms with Gasteiger partial charge in [0.25, 0.3) is 0 Å². The molecule has 0 amide bonds. The van der Waals surface area contributed by atoms with Crippen LogP contribution in [0.3, 0.4) is 0 Å². The number of aromatic hydroxyl groups is 1. The predicted octanol–water partition coefficient (Wildman–Crippen LogP) is 7.84. The minimum absolute atomic E-state index is 0.0900. The summed E-state index contributed by atoms with van der Waals surface area (Å²) in [7, 11) is -5.84. The molecule has 0 saturated carbocycles. The van der Waals surface area contributed by atoms with E-state index in [2.05, 4.69) is 93.0 Å². The highest BCUT2D eigenvalue weighted by Gasteiger charge is 2.39. The molecule has 0 spiro atoms. The van der Waals surface area contributed by atoms with Gasteiger partial charge in [0.2, 0.25) is 0 Å². The van der Waals surface area contributed by atoms with Crippen molar-refractivity contribution in [2.75, 3.05) is 6.61 Å². The van der Waals surface area contributed by atoms with Gasteiger partial charge in [0, 0.05) is 6.61 Å². The molecule has 1 rings (SSSR count). The summed E-state index contributed by atoms with van der Waals surface area (Å²) in [5.74, 6) is 0.461. The van der Waals surface area contributed by atoms with E-state index in [1.807, 2.05) is 0 Å². The zero-order chi connectivity index (χ0) is 26.6. The SMILES string of the molecule is CC(C)(C)c1cc(CCCC[Si](C)(C)O[Si](C)(C)O[Si](C)(C)CCCO)cc(C(C)(C)C)c1O. The lowest BCUT2D eigenvalue weighted by atomic mass is 9.78. The predicted molar refractivity (Wildman–Crippen MR) is 154 cm³/mol. The minimum Gasteiger partial charge on any atom is -0.507 e. The Morgan fingerprint density at radius 2 is 1.12 bits per heavy atom. The second kappa shape index (κ2) is 11.7. The fourth-order valence-corrected chi connectivity index (χ4v) is 18.9. The zero-order valence-electron chi connectivity index (χ0n) is 24.3. The van der Waals surface area contributed by atoms with Crippen LogP contribution in [-0.2, 0) is 25.5 Å². The van der Waals surface area contributed by atoms with Crippen LogP contribution in [0.25, 0.3) is 0 Å². The molecule has 0 unspecified atom stereocenters. The van der Waals surface area contributed by atoms with Gasteiger partial charge in [0.15, 0.2) is 16.6 Å². The van der Waals surface area contributed by atoms with E-state index in [1.165, 1.54) is 5.56 Å². The molecule has 1 aromatic rings. The Kier molecular flexibility index (Phi) is 10.9. The Balaban J connectivity index is 2.80. The third-order valence-electron chi connectivity index (χ3n) is 6.26. The molecule has 0 radical (unpaired) electrons. The van der Waals surface area contributed by atoms with Gasteiger partial charge in [-0.15, -0.1) is 0 Å². The molecule has 0 aromatic heterocycles. The molecule has 0 aliphatic rings. The maximum atomic E-state index is 11.0. The lowest BCUT2D eigenvalue weighted by molar-refractivity contribution is 0.291. The van der Waals surface area contributed by atoms with Crippen molar-refractivity contribution in [3.63, 3.8) is 0 Å². The van der Waals surface area contributed by atoms with Crippen LogP contribution in [0.2, 0.25) is 51.4 Å². The van der Waals surface area contributed by atoms with Crippen LogP contribution in [0.5, 0.6) is 5.75 Å². The van der Waals surface area contributed by atoms with Gasteiger partial charge in [-0.25, -0.2) is 0 Å². The largest absolute Gasteiger partial charge is 0.507 e. The summed E-state index contributed by atoms with van der Waals surface area (Å²) in [4.78, 5) is 0. The van der Waals surface area contributed by atoms with Gasteiger partial charge in [-0.05, 0) is 98.2 Å². The van der Waals surface area contributed by atoms with Crippen molar-refractivity contribution in [1.82, 2.24) is 0 Å². The molecule has 0 atom stereocenters. The van der Waals surface area contributed by atoms with Gasteiger partial charge >= 0.3 is 8.56 Å². The number of rotatable bonds is 12. The molecule has 0 bridgehead atoms. The van der Waals surface area contributed by atoms with Crippen molar-refractivity contribution in [2.24, 2.45) is 0 Å². The lowest BCUT2D eigenvalue weighted by Crippen LogP contribution is -2.52. The van der Waals surface area contributed by atoms with Crippen molar-refractivity contribution in [3.05, 3.63) is 28.8 Å². The molecule has 1 aromatic carbocycles. The smallest absolute Gasteiger partial charge is 0.311 e. The van der Waals surface area contributed by atoms with Crippen molar-refractivity contribution in [3.8, 4) is 5.75 Å². The molecular weight excluding hydrogens is 473 g/mol. The van der Waals surface area contributed by atoms with Crippen LogP contribution >= 0.6 is 0 Å². The monoisotopic (exact) mass is 526 g/mol. The minimum atomic E-state index is -2.20. The van der Waals surface area contributed by atoms with Gasteiger partial charge in [-0.2, -0.15) is 0 Å². The van der Waals surface area contributed by atoms with Gasteiger partial charge in [-0.3, -0.25) is 0 Å². The molecule has 0 heterocycles. The highest BCUT2D eigenvalue weighted by Crippen LogP contribution is 2.40. The van der Waals surface area contributed by atoms with E-state index in [1.54, 1.807) is 0 Å². The third kappa shape index (κ3) is 10.7. The van der Waals surface area contributed by atoms with Crippen LogP contribution in [0, 0.1) is 0 Å². The van der Waals surface area contributed by atoms with Gasteiger partial charge in [-0.1, -0.05) is 60.1 Å². The number of hydrogen-bond donors (Lipinski definition) is 2. The highest BCUT2D eigenvalue weighted by atomic mass is 28.5. The fraction of sp³-hybridized carbons (Fsp3) is 0.778. The quantitative estimate of drug-likeness (QED) is 0.215. The Bertz CT molecular complexity index is 755. The molecule has 34 heavy (non-hydrogen) atoms. The molecule has 7 heteroatoms. The maximum Gasteiger partial charge on any atom is 0.311 e. The van der Waals surface area contributed by atoms with E-state index in [4.69, 9.17) is 8.23 Å². The molecule has 0 aliphatic carbocycles. The number of phenolic OH excluding ortho intramolecular Hbond substituents is 1. The first kappa shape index (κ1) is 31.6. The summed E-state index contributed by atoms with van der Waals surface area (Å²) in [6.45, 7) is 26.8. The first-order valence-electron chi connectivity index (χ1n) is 13.1. The fourth-order valence-electron chi connectivity index (χ4n) is 4.82. The van der Waals surface area contributed by atoms with Crippen LogP contribution in [-0.4, -0.2) is 42.0 Å². The average Bonchev–Trinajstić information content (AvgIpc) is 2.60. The standard InChI is InChI=1S/C27H54O4Si3/c1-26(2,3)23-20-22(21-24(25(23)29)27(4,5)6)16-13-14-18-32(7,8)30-34(11,12)31-33(9,10)19-15-17-28/h20-21,28-29H,13-19H2,1-12H3. The zero-order valence-corrected chi connectivity index (χ0v) is 27.3. The second-order valence-corrected chi connectivity index (χ2v) is 26.2. The first-order chi connectivity index (χ1) is 15.2. The first-order valence-corrected chi connectivity index (χ1v) is 22.1. The van der Waals surface area contributed by atoms with Crippen molar-refractivity contribution in [1.29, 1.82) is 0 Å². The van der Waals surface area contributed by atoms with Crippen LogP contribution in [0.1, 0.15) is 77.5 Å². The third-order valence-corrected chi connectivity index (χ3v) is 17.7. The van der Waals surface area contributed by atoms with E-state index >= 15 is 0 Å². The summed E-state index contributed by atoms with van der Waals surface area (Å²) in [6.07, 6.45) is 4.11. The summed E-state index contributed by atoms with van der Waals surface area (Å²) >= 11 is 0.